The Bertz CT molecular complexity index is 1290. The highest BCUT2D eigenvalue weighted by Crippen LogP contribution is 2.37. The molecule has 0 aliphatic heterocycles. The molecule has 39 heavy (non-hydrogen) atoms. The molecule has 14 heteroatoms. The third-order valence-electron chi connectivity index (χ3n) is 5.79. The van der Waals surface area contributed by atoms with E-state index in [9.17, 15) is 31.2 Å². The van der Waals surface area contributed by atoms with Gasteiger partial charge in [0, 0.05) is 23.1 Å². The van der Waals surface area contributed by atoms with Crippen LogP contribution in [0.25, 0.3) is 0 Å². The average Bonchev–Trinajstić information content (AvgIpc) is 2.82. The van der Waals surface area contributed by atoms with E-state index >= 15 is 0 Å². The Hall–Kier alpha value is -2.21. The molecule has 0 heterocycles. The second-order valence-corrected chi connectivity index (χ2v) is 11.9. The quantitative estimate of drug-likeness (QED) is 0.285. The number of carbonyl (C=O) groups is 2. The third kappa shape index (κ3) is 9.16. The SMILES string of the molecule is CCCCNC(=O)[C@@H](CC)N(Cc1ccc(Cl)cc1Cl)C(=O)CN(c1ccc(Cl)c(C(F)(F)F)c1)S(C)(=O)=O. The van der Waals surface area contributed by atoms with Gasteiger partial charge in [-0.3, -0.25) is 13.9 Å². The number of benzene rings is 2. The van der Waals surface area contributed by atoms with Gasteiger partial charge in [-0.1, -0.05) is 61.1 Å². The van der Waals surface area contributed by atoms with Crippen LogP contribution in [0, 0.1) is 0 Å². The zero-order valence-corrected chi connectivity index (χ0v) is 24.6. The monoisotopic (exact) mass is 629 g/mol. The number of rotatable bonds is 12. The number of nitrogens with zero attached hydrogens (tertiary/aromatic N) is 2. The average molecular weight is 631 g/mol. The molecule has 0 aliphatic carbocycles. The van der Waals surface area contributed by atoms with Crippen LogP contribution in [0.2, 0.25) is 15.1 Å². The maximum Gasteiger partial charge on any atom is 0.417 e. The predicted molar refractivity (Wildman–Crippen MR) is 148 cm³/mol. The van der Waals surface area contributed by atoms with Crippen LogP contribution in [0.15, 0.2) is 36.4 Å². The zero-order chi connectivity index (χ0) is 29.5. The molecule has 2 aromatic carbocycles. The second-order valence-electron chi connectivity index (χ2n) is 8.76. The predicted octanol–water partition coefficient (Wildman–Crippen LogP) is 6.16. The van der Waals surface area contributed by atoms with E-state index in [4.69, 9.17) is 34.8 Å². The Balaban J connectivity index is 2.53. The molecular formula is C25H29Cl3F3N3O4S. The summed E-state index contributed by atoms with van der Waals surface area (Å²) in [5.74, 6) is -1.28. The minimum absolute atomic E-state index is 0.174. The number of unbranched alkanes of at least 4 members (excludes halogenated alkanes) is 1. The van der Waals surface area contributed by atoms with E-state index in [1.807, 2.05) is 6.92 Å². The number of halogens is 6. The van der Waals surface area contributed by atoms with E-state index in [0.29, 0.717) is 33.9 Å². The molecule has 0 fully saturated rings. The fourth-order valence-corrected chi connectivity index (χ4v) is 5.29. The van der Waals surface area contributed by atoms with Crippen molar-refractivity contribution in [3.05, 3.63) is 62.6 Å². The topological polar surface area (TPSA) is 86.8 Å². The minimum atomic E-state index is -4.86. The van der Waals surface area contributed by atoms with Crippen LogP contribution in [0.5, 0.6) is 0 Å². The Morgan fingerprint density at radius 1 is 1.03 bits per heavy atom. The normalized spacial score (nSPS) is 12.6. The summed E-state index contributed by atoms with van der Waals surface area (Å²) in [6.07, 6.45) is -2.39. The Kier molecular flexibility index (Phi) is 11.8. The number of hydrogen-bond acceptors (Lipinski definition) is 4. The van der Waals surface area contributed by atoms with Crippen molar-refractivity contribution < 1.29 is 31.2 Å². The fraction of sp³-hybridized carbons (Fsp3) is 0.440. The van der Waals surface area contributed by atoms with Crippen molar-refractivity contribution in [3.63, 3.8) is 0 Å². The van der Waals surface area contributed by atoms with Gasteiger partial charge in [-0.25, -0.2) is 8.42 Å². The zero-order valence-electron chi connectivity index (χ0n) is 21.5. The van der Waals surface area contributed by atoms with Crippen molar-refractivity contribution in [1.29, 1.82) is 0 Å². The van der Waals surface area contributed by atoms with Crippen LogP contribution in [0.3, 0.4) is 0 Å². The first-order chi connectivity index (χ1) is 18.1. The molecule has 0 aliphatic rings. The molecule has 0 saturated heterocycles. The first kappa shape index (κ1) is 33.0. The van der Waals surface area contributed by atoms with Crippen molar-refractivity contribution in [1.82, 2.24) is 10.2 Å². The lowest BCUT2D eigenvalue weighted by atomic mass is 10.1. The van der Waals surface area contributed by atoms with E-state index in [1.165, 1.54) is 6.07 Å². The summed E-state index contributed by atoms with van der Waals surface area (Å²) in [6, 6.07) is 6.09. The van der Waals surface area contributed by atoms with Crippen LogP contribution >= 0.6 is 34.8 Å². The Morgan fingerprint density at radius 3 is 2.23 bits per heavy atom. The largest absolute Gasteiger partial charge is 0.417 e. The van der Waals surface area contributed by atoms with Gasteiger partial charge in [0.05, 0.1) is 22.5 Å². The molecule has 0 aromatic heterocycles. The smallest absolute Gasteiger partial charge is 0.354 e. The van der Waals surface area contributed by atoms with Crippen LogP contribution in [0.4, 0.5) is 18.9 Å². The maximum atomic E-state index is 13.7. The summed E-state index contributed by atoms with van der Waals surface area (Å²) in [4.78, 5) is 27.9. The number of amides is 2. The van der Waals surface area contributed by atoms with Crippen molar-refractivity contribution in [3.8, 4) is 0 Å². The van der Waals surface area contributed by atoms with E-state index in [-0.39, 0.29) is 18.0 Å². The molecule has 0 saturated carbocycles. The summed E-state index contributed by atoms with van der Waals surface area (Å²) in [6.45, 7) is 2.94. The number of alkyl halides is 3. The van der Waals surface area contributed by atoms with E-state index in [1.54, 1.807) is 19.1 Å². The van der Waals surface area contributed by atoms with Crippen LogP contribution in [-0.2, 0) is 32.3 Å². The van der Waals surface area contributed by atoms with Crippen molar-refractivity contribution in [2.45, 2.75) is 51.9 Å². The lowest BCUT2D eigenvalue weighted by Gasteiger charge is -2.33. The van der Waals surface area contributed by atoms with E-state index in [2.05, 4.69) is 5.32 Å². The van der Waals surface area contributed by atoms with Crippen LogP contribution in [0.1, 0.15) is 44.2 Å². The van der Waals surface area contributed by atoms with Crippen LogP contribution < -0.4 is 9.62 Å². The lowest BCUT2D eigenvalue weighted by Crippen LogP contribution is -2.52. The second kappa shape index (κ2) is 13.9. The van der Waals surface area contributed by atoms with Crippen molar-refractivity contribution >= 4 is 62.3 Å². The molecule has 1 atom stereocenters. The number of carbonyl (C=O) groups excluding carboxylic acids is 2. The molecule has 2 amide bonds. The highest BCUT2D eigenvalue weighted by molar-refractivity contribution is 7.92. The van der Waals surface area contributed by atoms with Crippen molar-refractivity contribution in [2.24, 2.45) is 0 Å². The molecule has 0 bridgehead atoms. The maximum absolute atomic E-state index is 13.7. The first-order valence-corrected chi connectivity index (χ1v) is 14.9. The highest BCUT2D eigenvalue weighted by atomic mass is 35.5. The number of anilines is 1. The molecule has 0 unspecified atom stereocenters. The van der Waals surface area contributed by atoms with Crippen LogP contribution in [-0.4, -0.2) is 50.5 Å². The van der Waals surface area contributed by atoms with Gasteiger partial charge in [-0.2, -0.15) is 13.2 Å². The minimum Gasteiger partial charge on any atom is -0.354 e. The van der Waals surface area contributed by atoms with E-state index in [0.717, 1.165) is 29.7 Å². The Labute approximate surface area is 241 Å². The van der Waals surface area contributed by atoms with Gasteiger partial charge in [0.25, 0.3) is 0 Å². The highest BCUT2D eigenvalue weighted by Gasteiger charge is 2.36. The van der Waals surface area contributed by atoms with Crippen molar-refractivity contribution in [2.75, 3.05) is 23.7 Å². The van der Waals surface area contributed by atoms with E-state index < -0.39 is 56.9 Å². The molecular weight excluding hydrogens is 602 g/mol. The summed E-state index contributed by atoms with van der Waals surface area (Å²) >= 11 is 18.0. The molecule has 216 valence electrons. The van der Waals surface area contributed by atoms with Gasteiger partial charge in [0.1, 0.15) is 12.6 Å². The van der Waals surface area contributed by atoms with Gasteiger partial charge in [-0.15, -0.1) is 0 Å². The van der Waals surface area contributed by atoms with Gasteiger partial charge in [0.15, 0.2) is 0 Å². The molecule has 2 aromatic rings. The van der Waals surface area contributed by atoms with Gasteiger partial charge in [-0.05, 0) is 48.7 Å². The summed E-state index contributed by atoms with van der Waals surface area (Å²) < 4.78 is 66.2. The summed E-state index contributed by atoms with van der Waals surface area (Å²) in [5.41, 5.74) is -1.23. The van der Waals surface area contributed by atoms with Gasteiger partial charge in [0.2, 0.25) is 21.8 Å². The first-order valence-electron chi connectivity index (χ1n) is 12.0. The molecule has 7 nitrogen and oxygen atoms in total. The Morgan fingerprint density at radius 2 is 1.69 bits per heavy atom. The summed E-state index contributed by atoms with van der Waals surface area (Å²) in [7, 11) is -4.25. The molecule has 2 rings (SSSR count). The molecule has 0 spiro atoms. The lowest BCUT2D eigenvalue weighted by molar-refractivity contribution is -0.140. The van der Waals surface area contributed by atoms with Gasteiger partial charge < -0.3 is 10.2 Å². The standard InChI is InChI=1S/C25H29Cl3F3N3O4S/c1-4-6-11-32-24(36)22(5-2)33(14-16-7-8-17(26)12-21(16)28)23(35)15-34(39(3,37)38)18-9-10-20(27)19(13-18)25(29,30)31/h7-10,12-13,22H,4-6,11,14-15H2,1-3H3,(H,32,36)/t22-/m1/s1. The third-order valence-corrected chi connectivity index (χ3v) is 7.85. The van der Waals surface area contributed by atoms with Gasteiger partial charge >= 0.3 is 6.18 Å². The number of nitrogens with one attached hydrogen (secondary N) is 1. The fourth-order valence-electron chi connectivity index (χ4n) is 3.76. The summed E-state index contributed by atoms with van der Waals surface area (Å²) in [5, 5.41) is 2.70. The number of sulfonamides is 1. The number of hydrogen-bond donors (Lipinski definition) is 1. The molecule has 0 radical (unpaired) electrons. The molecule has 1 N–H and O–H groups in total.